The molecular formula is C7H13FN2O2. The largest absolute Gasteiger partial charge is 0.465 e. The van der Waals surface area contributed by atoms with Crippen LogP contribution in [0.1, 0.15) is 12.8 Å². The van der Waals surface area contributed by atoms with Crippen LogP contribution in [0.4, 0.5) is 9.18 Å². The van der Waals surface area contributed by atoms with Crippen LogP contribution in [0.15, 0.2) is 0 Å². The lowest BCUT2D eigenvalue weighted by atomic mass is 9.96. The third kappa shape index (κ3) is 2.65. The van der Waals surface area contributed by atoms with E-state index in [1.807, 2.05) is 0 Å². The summed E-state index contributed by atoms with van der Waals surface area (Å²) in [6, 6.07) is 0. The van der Waals surface area contributed by atoms with Crippen LogP contribution in [0, 0.1) is 0 Å². The summed E-state index contributed by atoms with van der Waals surface area (Å²) in [5, 5.41) is 13.2. The van der Waals surface area contributed by atoms with E-state index in [9.17, 15) is 9.18 Å². The van der Waals surface area contributed by atoms with E-state index in [4.69, 9.17) is 5.11 Å². The highest BCUT2D eigenvalue weighted by molar-refractivity contribution is 5.64. The fourth-order valence-corrected chi connectivity index (χ4v) is 1.32. The normalized spacial score (nSPS) is 29.8. The van der Waals surface area contributed by atoms with Gasteiger partial charge in [0, 0.05) is 6.54 Å². The van der Waals surface area contributed by atoms with Crippen LogP contribution in [0.3, 0.4) is 0 Å². The summed E-state index contributed by atoms with van der Waals surface area (Å²) in [6.07, 6.45) is 0.0236. The second-order valence-corrected chi connectivity index (χ2v) is 3.09. The van der Waals surface area contributed by atoms with Crippen molar-refractivity contribution in [1.82, 2.24) is 10.6 Å². The maximum Gasteiger partial charge on any atom is 0.404 e. The first-order chi connectivity index (χ1) is 5.62. The molecule has 70 valence electrons. The molecule has 0 unspecified atom stereocenters. The summed E-state index contributed by atoms with van der Waals surface area (Å²) in [4.78, 5) is 10.1. The Labute approximate surface area is 70.1 Å². The molecule has 5 heteroatoms. The van der Waals surface area contributed by atoms with Gasteiger partial charge in [-0.2, -0.15) is 0 Å². The van der Waals surface area contributed by atoms with Crippen molar-refractivity contribution in [2.75, 3.05) is 19.6 Å². The summed E-state index contributed by atoms with van der Waals surface area (Å²) in [5.41, 5.74) is -1.39. The summed E-state index contributed by atoms with van der Waals surface area (Å²) in [5.74, 6) is 0. The Morgan fingerprint density at radius 3 is 3.00 bits per heavy atom. The van der Waals surface area contributed by atoms with Crippen molar-refractivity contribution in [3.8, 4) is 0 Å². The number of hydrogen-bond donors (Lipinski definition) is 3. The molecule has 3 N–H and O–H groups in total. The molecule has 1 atom stereocenters. The molecule has 1 aliphatic heterocycles. The molecule has 4 nitrogen and oxygen atoms in total. The number of hydrogen-bond acceptors (Lipinski definition) is 2. The quantitative estimate of drug-likeness (QED) is 0.568. The van der Waals surface area contributed by atoms with E-state index >= 15 is 0 Å². The number of piperidine rings is 1. The Morgan fingerprint density at radius 1 is 1.75 bits per heavy atom. The number of carboxylic acid groups (broad SMARTS) is 1. The van der Waals surface area contributed by atoms with Gasteiger partial charge in [0.2, 0.25) is 0 Å². The van der Waals surface area contributed by atoms with Gasteiger partial charge < -0.3 is 15.7 Å². The lowest BCUT2D eigenvalue weighted by molar-refractivity contribution is 0.116. The van der Waals surface area contributed by atoms with Gasteiger partial charge in [-0.25, -0.2) is 9.18 Å². The molecule has 1 heterocycles. The molecule has 0 aromatic rings. The summed E-state index contributed by atoms with van der Waals surface area (Å²) in [6.45, 7) is 0.946. The number of carbonyl (C=O) groups is 1. The Bertz CT molecular complexity index is 169. The summed E-state index contributed by atoms with van der Waals surface area (Å²) >= 11 is 0. The van der Waals surface area contributed by atoms with Crippen LogP contribution in [0.25, 0.3) is 0 Å². The fourth-order valence-electron chi connectivity index (χ4n) is 1.32. The van der Waals surface area contributed by atoms with Gasteiger partial charge in [-0.3, -0.25) is 0 Å². The highest BCUT2D eigenvalue weighted by atomic mass is 19.1. The number of amides is 1. The first kappa shape index (κ1) is 9.25. The number of nitrogens with one attached hydrogen (secondary N) is 2. The van der Waals surface area contributed by atoms with Crippen molar-refractivity contribution in [1.29, 1.82) is 0 Å². The van der Waals surface area contributed by atoms with Gasteiger partial charge in [0.15, 0.2) is 0 Å². The van der Waals surface area contributed by atoms with Gasteiger partial charge in [0.05, 0.1) is 6.54 Å². The Balaban J connectivity index is 2.31. The van der Waals surface area contributed by atoms with Gasteiger partial charge in [-0.1, -0.05) is 0 Å². The van der Waals surface area contributed by atoms with Gasteiger partial charge in [-0.05, 0) is 19.4 Å². The molecule has 0 aliphatic carbocycles. The van der Waals surface area contributed by atoms with Gasteiger partial charge in [-0.15, -0.1) is 0 Å². The SMILES string of the molecule is O=C(O)NC[C@@]1(F)CCCNC1. The first-order valence-electron chi connectivity index (χ1n) is 3.99. The van der Waals surface area contributed by atoms with Crippen LogP contribution in [0.2, 0.25) is 0 Å². The highest BCUT2D eigenvalue weighted by Crippen LogP contribution is 2.19. The van der Waals surface area contributed by atoms with Crippen LogP contribution < -0.4 is 10.6 Å². The van der Waals surface area contributed by atoms with Crippen molar-refractivity contribution < 1.29 is 14.3 Å². The molecule has 1 fully saturated rings. The third-order valence-electron chi connectivity index (χ3n) is 1.98. The highest BCUT2D eigenvalue weighted by Gasteiger charge is 2.31. The second kappa shape index (κ2) is 3.71. The van der Waals surface area contributed by atoms with Crippen molar-refractivity contribution >= 4 is 6.09 Å². The molecule has 0 bridgehead atoms. The van der Waals surface area contributed by atoms with E-state index in [-0.39, 0.29) is 13.1 Å². The topological polar surface area (TPSA) is 61.4 Å². The minimum atomic E-state index is -1.39. The van der Waals surface area contributed by atoms with E-state index in [0.717, 1.165) is 13.0 Å². The molecule has 12 heavy (non-hydrogen) atoms. The standard InChI is InChI=1S/C7H13FN2O2/c8-7(5-10-6(11)12)2-1-3-9-4-7/h9-10H,1-5H2,(H,11,12)/t7-/m1/s1. The Kier molecular flexibility index (Phi) is 2.86. The molecule has 1 saturated heterocycles. The number of halogens is 1. The summed E-state index contributed by atoms with van der Waals surface area (Å²) in [7, 11) is 0. The van der Waals surface area contributed by atoms with Crippen molar-refractivity contribution in [3.05, 3.63) is 0 Å². The van der Waals surface area contributed by atoms with Gasteiger partial charge in [0.1, 0.15) is 5.67 Å². The average Bonchev–Trinajstić information content (AvgIpc) is 2.03. The lowest BCUT2D eigenvalue weighted by Gasteiger charge is -2.29. The van der Waals surface area contributed by atoms with Crippen LogP contribution in [-0.2, 0) is 0 Å². The molecule has 1 rings (SSSR count). The van der Waals surface area contributed by atoms with Gasteiger partial charge in [0.25, 0.3) is 0 Å². The van der Waals surface area contributed by atoms with Gasteiger partial charge >= 0.3 is 6.09 Å². The van der Waals surface area contributed by atoms with Crippen molar-refractivity contribution in [2.45, 2.75) is 18.5 Å². The summed E-state index contributed by atoms with van der Waals surface area (Å²) < 4.78 is 13.5. The molecule has 0 aromatic carbocycles. The molecule has 0 aromatic heterocycles. The second-order valence-electron chi connectivity index (χ2n) is 3.09. The van der Waals surface area contributed by atoms with E-state index in [1.165, 1.54) is 0 Å². The maximum atomic E-state index is 13.5. The average molecular weight is 176 g/mol. The van der Waals surface area contributed by atoms with E-state index in [2.05, 4.69) is 10.6 Å². The Morgan fingerprint density at radius 2 is 2.50 bits per heavy atom. The van der Waals surface area contributed by atoms with E-state index < -0.39 is 11.8 Å². The van der Waals surface area contributed by atoms with Crippen LogP contribution in [0.5, 0.6) is 0 Å². The predicted octanol–water partition coefficient (Wildman–Crippen LogP) is 0.346. The van der Waals surface area contributed by atoms with E-state index in [0.29, 0.717) is 6.42 Å². The smallest absolute Gasteiger partial charge is 0.404 e. The molecule has 0 saturated carbocycles. The van der Waals surface area contributed by atoms with Crippen LogP contribution >= 0.6 is 0 Å². The van der Waals surface area contributed by atoms with Crippen molar-refractivity contribution in [2.24, 2.45) is 0 Å². The molecule has 0 spiro atoms. The monoisotopic (exact) mass is 176 g/mol. The molecule has 1 aliphatic rings. The zero-order valence-electron chi connectivity index (χ0n) is 6.77. The minimum absolute atomic E-state index is 0.116. The zero-order valence-corrected chi connectivity index (χ0v) is 6.77. The van der Waals surface area contributed by atoms with Crippen molar-refractivity contribution in [3.63, 3.8) is 0 Å². The minimum Gasteiger partial charge on any atom is -0.465 e. The fraction of sp³-hybridized carbons (Fsp3) is 0.857. The lowest BCUT2D eigenvalue weighted by Crippen LogP contribution is -2.49. The number of rotatable bonds is 2. The molecule has 1 amide bonds. The molecule has 0 radical (unpaired) electrons. The Hall–Kier alpha value is -0.840. The number of alkyl halides is 1. The third-order valence-corrected chi connectivity index (χ3v) is 1.98. The molecular weight excluding hydrogens is 163 g/mol. The van der Waals surface area contributed by atoms with E-state index in [1.54, 1.807) is 0 Å². The first-order valence-corrected chi connectivity index (χ1v) is 3.99. The van der Waals surface area contributed by atoms with Crippen LogP contribution in [-0.4, -0.2) is 36.5 Å². The predicted molar refractivity (Wildman–Crippen MR) is 42.0 cm³/mol. The zero-order chi connectivity index (χ0) is 9.03. The maximum absolute atomic E-state index is 13.5.